The summed E-state index contributed by atoms with van der Waals surface area (Å²) in [5.74, 6) is 1.44. The molecule has 0 heterocycles. The lowest BCUT2D eigenvalue weighted by molar-refractivity contribution is 0.328. The summed E-state index contributed by atoms with van der Waals surface area (Å²) in [6.07, 6.45) is 0. The van der Waals surface area contributed by atoms with Crippen LogP contribution in [0.1, 0.15) is 36.5 Å². The van der Waals surface area contributed by atoms with Gasteiger partial charge in [0, 0.05) is 17.3 Å². The van der Waals surface area contributed by atoms with Crippen LogP contribution in [0.5, 0.6) is 5.75 Å². The van der Waals surface area contributed by atoms with E-state index in [2.05, 4.69) is 44.3 Å². The van der Waals surface area contributed by atoms with E-state index in [0.29, 0.717) is 12.5 Å². The Balaban J connectivity index is 1.91. The lowest BCUT2D eigenvalue weighted by Gasteiger charge is -2.15. The molecule has 0 unspecified atom stereocenters. The Morgan fingerprint density at radius 1 is 1.09 bits per heavy atom. The smallest absolute Gasteiger partial charge is 0.123 e. The highest BCUT2D eigenvalue weighted by Crippen LogP contribution is 2.27. The molecule has 0 radical (unpaired) electrons. The van der Waals surface area contributed by atoms with Crippen LogP contribution in [0.3, 0.4) is 0 Å². The molecule has 3 heteroatoms. The summed E-state index contributed by atoms with van der Waals surface area (Å²) < 4.78 is 5.96. The average Bonchev–Trinajstić information content (AvgIpc) is 2.47. The first-order valence-corrected chi connectivity index (χ1v) is 8.08. The quantitative estimate of drug-likeness (QED) is 0.703. The highest BCUT2D eigenvalue weighted by atomic mass is 35.5. The van der Waals surface area contributed by atoms with Gasteiger partial charge in [0.2, 0.25) is 0 Å². The molecule has 2 aromatic carbocycles. The van der Waals surface area contributed by atoms with Gasteiger partial charge in [0.1, 0.15) is 12.4 Å². The number of rotatable bonds is 6. The molecule has 0 bridgehead atoms. The van der Waals surface area contributed by atoms with Gasteiger partial charge in [-0.15, -0.1) is 0 Å². The van der Waals surface area contributed by atoms with E-state index in [9.17, 15) is 0 Å². The van der Waals surface area contributed by atoms with Gasteiger partial charge >= 0.3 is 0 Å². The minimum atomic E-state index is 0.458. The summed E-state index contributed by atoms with van der Waals surface area (Å²) in [7, 11) is 0. The maximum absolute atomic E-state index is 6.12. The Bertz CT molecular complexity index is 637. The summed E-state index contributed by atoms with van der Waals surface area (Å²) >= 11 is 6.12. The predicted octanol–water partition coefficient (Wildman–Crippen LogP) is 5.57. The minimum Gasteiger partial charge on any atom is -0.491 e. The van der Waals surface area contributed by atoms with Gasteiger partial charge in [0.05, 0.1) is 0 Å². The van der Waals surface area contributed by atoms with E-state index in [1.165, 1.54) is 11.1 Å². The van der Waals surface area contributed by atoms with Crippen LogP contribution in [0.15, 0.2) is 36.4 Å². The summed E-state index contributed by atoms with van der Waals surface area (Å²) in [5.41, 5.74) is 4.58. The van der Waals surface area contributed by atoms with E-state index in [0.717, 1.165) is 28.6 Å². The summed E-state index contributed by atoms with van der Waals surface area (Å²) in [4.78, 5) is 0. The standard InChI is InChI=1S/C19H24ClNO/c1-13(2)17-8-5-14(3)11-19(17)22-10-9-21-16-7-6-15(4)18(20)12-16/h5-8,11-13,21H,9-10H2,1-4H3. The molecular formula is C19H24ClNO. The number of ether oxygens (including phenoxy) is 1. The fourth-order valence-electron chi connectivity index (χ4n) is 2.30. The first-order chi connectivity index (χ1) is 10.5. The summed E-state index contributed by atoms with van der Waals surface area (Å²) in [6.45, 7) is 9.82. The van der Waals surface area contributed by atoms with Gasteiger partial charge in [-0.1, -0.05) is 43.6 Å². The SMILES string of the molecule is Cc1ccc(C(C)C)c(OCCNc2ccc(C)c(Cl)c2)c1. The Labute approximate surface area is 138 Å². The van der Waals surface area contributed by atoms with Gasteiger partial charge in [-0.3, -0.25) is 0 Å². The van der Waals surface area contributed by atoms with Crippen LogP contribution in [0, 0.1) is 13.8 Å². The fourth-order valence-corrected chi connectivity index (χ4v) is 2.48. The fraction of sp³-hybridized carbons (Fsp3) is 0.368. The van der Waals surface area contributed by atoms with E-state index < -0.39 is 0 Å². The average molecular weight is 318 g/mol. The maximum Gasteiger partial charge on any atom is 0.123 e. The molecule has 0 aliphatic heterocycles. The zero-order valence-electron chi connectivity index (χ0n) is 13.7. The monoisotopic (exact) mass is 317 g/mol. The maximum atomic E-state index is 6.12. The molecule has 2 rings (SSSR count). The van der Waals surface area contributed by atoms with Gasteiger partial charge in [0.15, 0.2) is 0 Å². The number of halogens is 1. The molecule has 0 aliphatic rings. The molecule has 0 aromatic heterocycles. The molecule has 0 aliphatic carbocycles. The third kappa shape index (κ3) is 4.41. The molecule has 0 saturated heterocycles. The molecule has 1 N–H and O–H groups in total. The summed E-state index contributed by atoms with van der Waals surface area (Å²) in [6, 6.07) is 12.4. The highest BCUT2D eigenvalue weighted by Gasteiger charge is 2.08. The van der Waals surface area contributed by atoms with E-state index in [1.54, 1.807) is 0 Å². The van der Waals surface area contributed by atoms with Crippen LogP contribution in [-0.2, 0) is 0 Å². The molecular weight excluding hydrogens is 294 g/mol. The molecule has 2 nitrogen and oxygen atoms in total. The van der Waals surface area contributed by atoms with Crippen molar-refractivity contribution in [1.29, 1.82) is 0 Å². The zero-order chi connectivity index (χ0) is 16.1. The Hall–Kier alpha value is -1.67. The second-order valence-corrected chi connectivity index (χ2v) is 6.34. The van der Waals surface area contributed by atoms with Crippen LogP contribution < -0.4 is 10.1 Å². The molecule has 0 fully saturated rings. The Kier molecular flexibility index (Phi) is 5.73. The van der Waals surface area contributed by atoms with Crippen molar-refractivity contribution in [3.8, 4) is 5.75 Å². The predicted molar refractivity (Wildman–Crippen MR) is 95.4 cm³/mol. The van der Waals surface area contributed by atoms with Gasteiger partial charge in [-0.25, -0.2) is 0 Å². The number of hydrogen-bond acceptors (Lipinski definition) is 2. The van der Waals surface area contributed by atoms with Crippen molar-refractivity contribution in [2.24, 2.45) is 0 Å². The molecule has 2 aromatic rings. The lowest BCUT2D eigenvalue weighted by atomic mass is 10.0. The van der Waals surface area contributed by atoms with Gasteiger partial charge in [0.25, 0.3) is 0 Å². The minimum absolute atomic E-state index is 0.458. The van der Waals surface area contributed by atoms with Crippen molar-refractivity contribution in [2.75, 3.05) is 18.5 Å². The van der Waals surface area contributed by atoms with E-state index >= 15 is 0 Å². The third-order valence-corrected chi connectivity index (χ3v) is 4.06. The molecule has 0 atom stereocenters. The van der Waals surface area contributed by atoms with Crippen molar-refractivity contribution in [1.82, 2.24) is 0 Å². The third-order valence-electron chi connectivity index (χ3n) is 3.65. The van der Waals surface area contributed by atoms with E-state index in [1.807, 2.05) is 25.1 Å². The summed E-state index contributed by atoms with van der Waals surface area (Å²) in [5, 5.41) is 4.12. The largest absolute Gasteiger partial charge is 0.491 e. The Morgan fingerprint density at radius 2 is 1.86 bits per heavy atom. The van der Waals surface area contributed by atoms with Gasteiger partial charge in [-0.2, -0.15) is 0 Å². The van der Waals surface area contributed by atoms with Gasteiger partial charge < -0.3 is 10.1 Å². The number of aryl methyl sites for hydroxylation is 2. The Morgan fingerprint density at radius 3 is 2.55 bits per heavy atom. The van der Waals surface area contributed by atoms with Crippen molar-refractivity contribution in [2.45, 2.75) is 33.6 Å². The molecule has 0 spiro atoms. The normalized spacial score (nSPS) is 10.8. The lowest BCUT2D eigenvalue weighted by Crippen LogP contribution is -2.12. The topological polar surface area (TPSA) is 21.3 Å². The number of hydrogen-bond donors (Lipinski definition) is 1. The first-order valence-electron chi connectivity index (χ1n) is 7.70. The molecule has 22 heavy (non-hydrogen) atoms. The first kappa shape index (κ1) is 16.7. The number of benzene rings is 2. The van der Waals surface area contributed by atoms with Crippen molar-refractivity contribution >= 4 is 17.3 Å². The van der Waals surface area contributed by atoms with Gasteiger partial charge in [-0.05, 0) is 54.7 Å². The van der Waals surface area contributed by atoms with E-state index in [-0.39, 0.29) is 0 Å². The van der Waals surface area contributed by atoms with Crippen LogP contribution in [-0.4, -0.2) is 13.2 Å². The van der Waals surface area contributed by atoms with Crippen molar-refractivity contribution in [3.63, 3.8) is 0 Å². The van der Waals surface area contributed by atoms with Crippen LogP contribution >= 0.6 is 11.6 Å². The van der Waals surface area contributed by atoms with Crippen LogP contribution in [0.4, 0.5) is 5.69 Å². The highest BCUT2D eigenvalue weighted by molar-refractivity contribution is 6.31. The second-order valence-electron chi connectivity index (χ2n) is 5.94. The molecule has 0 saturated carbocycles. The van der Waals surface area contributed by atoms with E-state index in [4.69, 9.17) is 16.3 Å². The number of nitrogens with one attached hydrogen (secondary N) is 1. The van der Waals surface area contributed by atoms with Crippen molar-refractivity contribution < 1.29 is 4.74 Å². The van der Waals surface area contributed by atoms with Crippen molar-refractivity contribution in [3.05, 3.63) is 58.1 Å². The van der Waals surface area contributed by atoms with Crippen LogP contribution in [0.2, 0.25) is 5.02 Å². The number of anilines is 1. The second kappa shape index (κ2) is 7.55. The molecule has 0 amide bonds. The zero-order valence-corrected chi connectivity index (χ0v) is 14.5. The molecule has 118 valence electrons. The van der Waals surface area contributed by atoms with Crippen LogP contribution in [0.25, 0.3) is 0 Å².